The van der Waals surface area contributed by atoms with Gasteiger partial charge >= 0.3 is 0 Å². The second-order valence-electron chi connectivity index (χ2n) is 4.71. The highest BCUT2D eigenvalue weighted by molar-refractivity contribution is 5.92. The molecule has 108 valence electrons. The van der Waals surface area contributed by atoms with E-state index in [1.165, 1.54) is 19.3 Å². The number of aromatic nitrogens is 2. The summed E-state index contributed by atoms with van der Waals surface area (Å²) < 4.78 is 0. The molecule has 0 radical (unpaired) electrons. The zero-order valence-electron chi connectivity index (χ0n) is 11.6. The van der Waals surface area contributed by atoms with Crippen LogP contribution in [0.4, 0.5) is 0 Å². The van der Waals surface area contributed by atoms with E-state index < -0.39 is 0 Å². The number of nitrogens with zero attached hydrogens (tertiary/aromatic N) is 4. The predicted octanol–water partition coefficient (Wildman–Crippen LogP) is -0.629. The first-order valence-corrected chi connectivity index (χ1v) is 6.69. The number of hydrogen-bond donors (Lipinski definition) is 1. The van der Waals surface area contributed by atoms with Gasteiger partial charge in [0.25, 0.3) is 5.91 Å². The van der Waals surface area contributed by atoms with Crippen LogP contribution in [0.15, 0.2) is 18.6 Å². The lowest BCUT2D eigenvalue weighted by Gasteiger charge is -2.34. The van der Waals surface area contributed by atoms with E-state index in [9.17, 15) is 9.59 Å². The Morgan fingerprint density at radius 1 is 1.25 bits per heavy atom. The van der Waals surface area contributed by atoms with Crippen LogP contribution < -0.4 is 5.32 Å². The van der Waals surface area contributed by atoms with Crippen LogP contribution in [-0.2, 0) is 4.79 Å². The van der Waals surface area contributed by atoms with E-state index >= 15 is 0 Å². The quantitative estimate of drug-likeness (QED) is 0.793. The second kappa shape index (κ2) is 6.95. The zero-order valence-corrected chi connectivity index (χ0v) is 11.6. The molecule has 1 saturated heterocycles. The van der Waals surface area contributed by atoms with Gasteiger partial charge in [-0.1, -0.05) is 0 Å². The molecule has 1 aliphatic heterocycles. The van der Waals surface area contributed by atoms with Crippen LogP contribution >= 0.6 is 0 Å². The summed E-state index contributed by atoms with van der Waals surface area (Å²) in [5.41, 5.74) is 0.388. The monoisotopic (exact) mass is 277 g/mol. The third-order valence-electron chi connectivity index (χ3n) is 3.24. The van der Waals surface area contributed by atoms with Gasteiger partial charge in [0.1, 0.15) is 5.69 Å². The molecule has 2 amide bonds. The summed E-state index contributed by atoms with van der Waals surface area (Å²) in [6.07, 6.45) is 4.57. The maximum absolute atomic E-state index is 12.2. The molecule has 7 nitrogen and oxygen atoms in total. The Balaban J connectivity index is 1.77. The van der Waals surface area contributed by atoms with Crippen molar-refractivity contribution in [1.82, 2.24) is 25.1 Å². The highest BCUT2D eigenvalue weighted by Gasteiger charge is 2.22. The Bertz CT molecular complexity index is 457. The van der Waals surface area contributed by atoms with Gasteiger partial charge in [0.05, 0.1) is 6.20 Å². The van der Waals surface area contributed by atoms with E-state index in [1.54, 1.807) is 11.1 Å². The Hall–Kier alpha value is -2.02. The number of carbonyl (C=O) groups excluding carboxylic acids is 2. The fourth-order valence-corrected chi connectivity index (χ4v) is 2.14. The number of rotatable bonds is 4. The van der Waals surface area contributed by atoms with E-state index in [-0.39, 0.29) is 11.8 Å². The summed E-state index contributed by atoms with van der Waals surface area (Å²) >= 11 is 0. The average Bonchev–Trinajstić information content (AvgIpc) is 2.48. The molecule has 0 atom stereocenters. The SMILES string of the molecule is CC(=O)NCCN1CCN(C(=O)c2cnccn2)CC1. The molecule has 0 unspecified atom stereocenters. The van der Waals surface area contributed by atoms with E-state index in [0.29, 0.717) is 25.3 Å². The Labute approximate surface area is 118 Å². The minimum atomic E-state index is -0.0698. The molecule has 1 aliphatic rings. The smallest absolute Gasteiger partial charge is 0.274 e. The van der Waals surface area contributed by atoms with Gasteiger partial charge in [-0.3, -0.25) is 19.5 Å². The van der Waals surface area contributed by atoms with Gasteiger partial charge in [0.2, 0.25) is 5.91 Å². The molecule has 1 N–H and O–H groups in total. The van der Waals surface area contributed by atoms with Crippen LogP contribution in [0.3, 0.4) is 0 Å². The molecule has 0 saturated carbocycles. The summed E-state index contributed by atoms with van der Waals surface area (Å²) in [5.74, 6) is -0.0823. The van der Waals surface area contributed by atoms with Crippen LogP contribution in [-0.4, -0.2) is 70.9 Å². The van der Waals surface area contributed by atoms with Crippen molar-refractivity contribution in [3.63, 3.8) is 0 Å². The predicted molar refractivity (Wildman–Crippen MR) is 73.1 cm³/mol. The van der Waals surface area contributed by atoms with Crippen LogP contribution in [0, 0.1) is 0 Å². The number of piperazine rings is 1. The van der Waals surface area contributed by atoms with Gasteiger partial charge in [-0.15, -0.1) is 0 Å². The molecule has 0 bridgehead atoms. The number of nitrogens with one attached hydrogen (secondary N) is 1. The van der Waals surface area contributed by atoms with Crippen molar-refractivity contribution in [3.8, 4) is 0 Å². The molecular weight excluding hydrogens is 258 g/mol. The molecule has 1 aromatic heterocycles. The molecule has 0 aliphatic carbocycles. The van der Waals surface area contributed by atoms with Gasteiger partial charge in [0, 0.05) is 58.6 Å². The first-order chi connectivity index (χ1) is 9.66. The highest BCUT2D eigenvalue weighted by Crippen LogP contribution is 2.05. The largest absolute Gasteiger partial charge is 0.355 e. The van der Waals surface area contributed by atoms with Crippen molar-refractivity contribution in [3.05, 3.63) is 24.3 Å². The minimum Gasteiger partial charge on any atom is -0.355 e. The van der Waals surface area contributed by atoms with Crippen molar-refractivity contribution in [1.29, 1.82) is 0 Å². The number of hydrogen-bond acceptors (Lipinski definition) is 5. The molecule has 2 heterocycles. The van der Waals surface area contributed by atoms with Crippen LogP contribution in [0.25, 0.3) is 0 Å². The van der Waals surface area contributed by atoms with Crippen LogP contribution in [0.2, 0.25) is 0 Å². The van der Waals surface area contributed by atoms with Crippen molar-refractivity contribution in [2.75, 3.05) is 39.3 Å². The molecule has 7 heteroatoms. The maximum atomic E-state index is 12.2. The molecule has 0 aromatic carbocycles. The van der Waals surface area contributed by atoms with Gasteiger partial charge in [-0.25, -0.2) is 4.98 Å². The zero-order chi connectivity index (χ0) is 14.4. The van der Waals surface area contributed by atoms with Crippen LogP contribution in [0.1, 0.15) is 17.4 Å². The third-order valence-corrected chi connectivity index (χ3v) is 3.24. The van der Waals surface area contributed by atoms with Crippen molar-refractivity contribution in [2.45, 2.75) is 6.92 Å². The molecule has 1 fully saturated rings. The first kappa shape index (κ1) is 14.4. The van der Waals surface area contributed by atoms with Gasteiger partial charge in [-0.2, -0.15) is 0 Å². The fraction of sp³-hybridized carbons (Fsp3) is 0.538. The lowest BCUT2D eigenvalue weighted by atomic mass is 10.3. The minimum absolute atomic E-state index is 0.0125. The van der Waals surface area contributed by atoms with E-state index in [1.807, 2.05) is 0 Å². The number of carbonyl (C=O) groups is 2. The molecule has 20 heavy (non-hydrogen) atoms. The van der Waals surface area contributed by atoms with Gasteiger partial charge in [0.15, 0.2) is 0 Å². The third kappa shape index (κ3) is 3.99. The second-order valence-corrected chi connectivity index (χ2v) is 4.71. The average molecular weight is 277 g/mol. The summed E-state index contributed by atoms with van der Waals surface area (Å²) in [6, 6.07) is 0. The van der Waals surface area contributed by atoms with Crippen LogP contribution in [0.5, 0.6) is 0 Å². The first-order valence-electron chi connectivity index (χ1n) is 6.69. The molecule has 2 rings (SSSR count). The Kier molecular flexibility index (Phi) is 5.00. The normalized spacial score (nSPS) is 15.9. The van der Waals surface area contributed by atoms with Crippen molar-refractivity contribution >= 4 is 11.8 Å². The lowest BCUT2D eigenvalue weighted by Crippen LogP contribution is -2.50. The summed E-state index contributed by atoms with van der Waals surface area (Å²) in [4.78, 5) is 34.9. The molecular formula is C13H19N5O2. The molecule has 1 aromatic rings. The van der Waals surface area contributed by atoms with E-state index in [2.05, 4.69) is 20.2 Å². The van der Waals surface area contributed by atoms with Gasteiger partial charge in [-0.05, 0) is 0 Å². The fourth-order valence-electron chi connectivity index (χ4n) is 2.14. The topological polar surface area (TPSA) is 78.4 Å². The standard InChI is InChI=1S/C13H19N5O2/c1-11(19)15-4-5-17-6-8-18(9-7-17)13(20)12-10-14-2-3-16-12/h2-3,10H,4-9H2,1H3,(H,15,19). The van der Waals surface area contributed by atoms with Gasteiger partial charge < -0.3 is 10.2 Å². The molecule has 0 spiro atoms. The summed E-state index contributed by atoms with van der Waals surface area (Å²) in [6.45, 7) is 5.94. The number of amides is 2. The highest BCUT2D eigenvalue weighted by atomic mass is 16.2. The van der Waals surface area contributed by atoms with E-state index in [4.69, 9.17) is 0 Å². The van der Waals surface area contributed by atoms with Crippen molar-refractivity contribution in [2.24, 2.45) is 0 Å². The maximum Gasteiger partial charge on any atom is 0.274 e. The van der Waals surface area contributed by atoms with Crippen molar-refractivity contribution < 1.29 is 9.59 Å². The summed E-state index contributed by atoms with van der Waals surface area (Å²) in [5, 5.41) is 2.77. The van der Waals surface area contributed by atoms with E-state index in [0.717, 1.165) is 19.6 Å². The Morgan fingerprint density at radius 2 is 2.00 bits per heavy atom. The summed E-state index contributed by atoms with van der Waals surface area (Å²) in [7, 11) is 0. The lowest BCUT2D eigenvalue weighted by molar-refractivity contribution is -0.119. The Morgan fingerprint density at radius 3 is 2.60 bits per heavy atom.